The van der Waals surface area contributed by atoms with Crippen LogP contribution in [0.25, 0.3) is 0 Å². The Labute approximate surface area is 99.6 Å². The lowest BCUT2D eigenvalue weighted by atomic mass is 10.2. The minimum Gasteiger partial charge on any atom is -0.480 e. The Hall–Kier alpha value is -0.630. The molecule has 0 aliphatic rings. The first-order valence-electron chi connectivity index (χ1n) is 4.84. The molecule has 0 saturated heterocycles. The molecule has 0 aromatic rings. The second kappa shape index (κ2) is 6.34. The standard InChI is InChI=1S/C9H15F3O4S/c1-8(2,7(13)14)17(15)5-3-4-16-6-9(10,11)12/h3-6H2,1-2H3,(H,13,14). The maximum absolute atomic E-state index is 11.7. The van der Waals surface area contributed by atoms with Gasteiger partial charge in [0, 0.05) is 23.2 Å². The van der Waals surface area contributed by atoms with Crippen LogP contribution in [0.2, 0.25) is 0 Å². The van der Waals surface area contributed by atoms with Gasteiger partial charge in [0.2, 0.25) is 0 Å². The van der Waals surface area contributed by atoms with Gasteiger partial charge in [-0.1, -0.05) is 0 Å². The molecule has 0 saturated carbocycles. The largest absolute Gasteiger partial charge is 0.480 e. The van der Waals surface area contributed by atoms with Crippen molar-refractivity contribution in [2.24, 2.45) is 0 Å². The lowest BCUT2D eigenvalue weighted by Crippen LogP contribution is -2.37. The summed E-state index contributed by atoms with van der Waals surface area (Å²) >= 11 is 0. The maximum atomic E-state index is 11.7. The topological polar surface area (TPSA) is 63.6 Å². The van der Waals surface area contributed by atoms with Crippen LogP contribution in [0.3, 0.4) is 0 Å². The normalized spacial score (nSPS) is 14.6. The van der Waals surface area contributed by atoms with Crippen LogP contribution >= 0.6 is 0 Å². The summed E-state index contributed by atoms with van der Waals surface area (Å²) in [5, 5.41) is 8.75. The molecule has 0 aromatic heterocycles. The van der Waals surface area contributed by atoms with E-state index in [1.165, 1.54) is 13.8 Å². The van der Waals surface area contributed by atoms with Crippen LogP contribution in [-0.2, 0) is 20.3 Å². The Morgan fingerprint density at radius 2 is 1.88 bits per heavy atom. The van der Waals surface area contributed by atoms with Gasteiger partial charge in [0.25, 0.3) is 0 Å². The van der Waals surface area contributed by atoms with Crippen LogP contribution in [0, 0.1) is 0 Å². The van der Waals surface area contributed by atoms with Crippen molar-refractivity contribution < 1.29 is 32.0 Å². The molecule has 1 N–H and O–H groups in total. The number of halogens is 3. The van der Waals surface area contributed by atoms with E-state index in [1.807, 2.05) is 0 Å². The number of alkyl halides is 3. The van der Waals surface area contributed by atoms with E-state index in [1.54, 1.807) is 0 Å². The van der Waals surface area contributed by atoms with Crippen molar-refractivity contribution in [2.75, 3.05) is 19.0 Å². The Bertz CT molecular complexity index is 288. The lowest BCUT2D eigenvalue weighted by molar-refractivity contribution is -0.173. The zero-order valence-electron chi connectivity index (χ0n) is 9.54. The molecular formula is C9H15F3O4S. The van der Waals surface area contributed by atoms with E-state index in [2.05, 4.69) is 4.74 Å². The first-order valence-corrected chi connectivity index (χ1v) is 6.15. The zero-order chi connectivity index (χ0) is 13.7. The molecule has 4 nitrogen and oxygen atoms in total. The minimum atomic E-state index is -4.38. The van der Waals surface area contributed by atoms with Gasteiger partial charge in [0.1, 0.15) is 11.4 Å². The SMILES string of the molecule is CC(C)(C(=O)O)S(=O)CCCOCC(F)(F)F. The summed E-state index contributed by atoms with van der Waals surface area (Å²) in [4.78, 5) is 10.7. The number of ether oxygens (including phenoxy) is 1. The number of carboxylic acids is 1. The van der Waals surface area contributed by atoms with Gasteiger partial charge in [-0.25, -0.2) is 0 Å². The van der Waals surface area contributed by atoms with Crippen molar-refractivity contribution in [3.05, 3.63) is 0 Å². The van der Waals surface area contributed by atoms with Crippen LogP contribution in [0.4, 0.5) is 13.2 Å². The fourth-order valence-corrected chi connectivity index (χ4v) is 1.92. The lowest BCUT2D eigenvalue weighted by Gasteiger charge is -2.18. The number of aliphatic carboxylic acids is 1. The molecule has 0 fully saturated rings. The van der Waals surface area contributed by atoms with Crippen LogP contribution in [-0.4, -0.2) is 45.2 Å². The summed E-state index contributed by atoms with van der Waals surface area (Å²) in [6.45, 7) is 1.08. The average Bonchev–Trinajstić information content (AvgIpc) is 2.14. The molecule has 8 heteroatoms. The molecule has 0 amide bonds. The van der Waals surface area contributed by atoms with E-state index in [-0.39, 0.29) is 18.8 Å². The fraction of sp³-hybridized carbons (Fsp3) is 0.889. The molecule has 0 spiro atoms. The Morgan fingerprint density at radius 3 is 2.29 bits per heavy atom. The van der Waals surface area contributed by atoms with E-state index >= 15 is 0 Å². The zero-order valence-corrected chi connectivity index (χ0v) is 10.4. The predicted molar refractivity (Wildman–Crippen MR) is 56.2 cm³/mol. The molecule has 17 heavy (non-hydrogen) atoms. The molecule has 0 aliphatic carbocycles. The van der Waals surface area contributed by atoms with Crippen molar-refractivity contribution in [1.82, 2.24) is 0 Å². The highest BCUT2D eigenvalue weighted by atomic mass is 32.2. The maximum Gasteiger partial charge on any atom is 0.411 e. The summed E-state index contributed by atoms with van der Waals surface area (Å²) in [5.41, 5.74) is 0. The van der Waals surface area contributed by atoms with Gasteiger partial charge >= 0.3 is 12.1 Å². The Balaban J connectivity index is 3.84. The molecular weight excluding hydrogens is 261 g/mol. The summed E-state index contributed by atoms with van der Waals surface area (Å²) < 4.78 is 49.5. The average molecular weight is 276 g/mol. The summed E-state index contributed by atoms with van der Waals surface area (Å²) in [6, 6.07) is 0. The van der Waals surface area contributed by atoms with Crippen molar-refractivity contribution in [3.63, 3.8) is 0 Å². The van der Waals surface area contributed by atoms with Gasteiger partial charge in [-0.3, -0.25) is 9.00 Å². The third-order valence-electron chi connectivity index (χ3n) is 1.97. The number of hydrogen-bond acceptors (Lipinski definition) is 3. The van der Waals surface area contributed by atoms with Crippen LogP contribution in [0.15, 0.2) is 0 Å². The monoisotopic (exact) mass is 276 g/mol. The summed E-state index contributed by atoms with van der Waals surface area (Å²) in [5.74, 6) is -1.20. The summed E-state index contributed by atoms with van der Waals surface area (Å²) in [6.07, 6.45) is -4.25. The molecule has 0 rings (SSSR count). The van der Waals surface area contributed by atoms with Gasteiger partial charge in [-0.2, -0.15) is 13.2 Å². The number of hydrogen-bond donors (Lipinski definition) is 1. The highest BCUT2D eigenvalue weighted by molar-refractivity contribution is 7.87. The van der Waals surface area contributed by atoms with E-state index in [0.717, 1.165) is 0 Å². The Kier molecular flexibility index (Phi) is 6.11. The van der Waals surface area contributed by atoms with E-state index in [0.29, 0.717) is 0 Å². The van der Waals surface area contributed by atoms with Crippen LogP contribution in [0.5, 0.6) is 0 Å². The predicted octanol–water partition coefficient (Wildman–Crippen LogP) is 1.57. The smallest absolute Gasteiger partial charge is 0.411 e. The highest BCUT2D eigenvalue weighted by Gasteiger charge is 2.34. The molecule has 102 valence electrons. The van der Waals surface area contributed by atoms with E-state index in [4.69, 9.17) is 5.11 Å². The van der Waals surface area contributed by atoms with E-state index in [9.17, 15) is 22.2 Å². The minimum absolute atomic E-state index is 0.00282. The number of carboxylic acid groups (broad SMARTS) is 1. The van der Waals surface area contributed by atoms with E-state index < -0.39 is 34.3 Å². The van der Waals surface area contributed by atoms with Crippen LogP contribution < -0.4 is 0 Å². The molecule has 0 aromatic carbocycles. The number of rotatable bonds is 7. The number of carbonyl (C=O) groups is 1. The van der Waals surface area contributed by atoms with Gasteiger partial charge < -0.3 is 9.84 Å². The van der Waals surface area contributed by atoms with Gasteiger partial charge in [0.15, 0.2) is 0 Å². The fourth-order valence-electron chi connectivity index (χ4n) is 0.833. The first-order chi connectivity index (χ1) is 7.57. The highest BCUT2D eigenvalue weighted by Crippen LogP contribution is 2.16. The first kappa shape index (κ1) is 16.4. The van der Waals surface area contributed by atoms with Crippen molar-refractivity contribution in [1.29, 1.82) is 0 Å². The van der Waals surface area contributed by atoms with Gasteiger partial charge in [-0.15, -0.1) is 0 Å². The van der Waals surface area contributed by atoms with Gasteiger partial charge in [0.05, 0.1) is 0 Å². The van der Waals surface area contributed by atoms with Crippen molar-refractivity contribution >= 4 is 16.8 Å². The quantitative estimate of drug-likeness (QED) is 0.717. The van der Waals surface area contributed by atoms with Crippen molar-refractivity contribution in [2.45, 2.75) is 31.2 Å². The third-order valence-corrected chi connectivity index (χ3v) is 3.94. The summed E-state index contributed by atoms with van der Waals surface area (Å²) in [7, 11) is -1.65. The molecule has 0 heterocycles. The van der Waals surface area contributed by atoms with Crippen molar-refractivity contribution in [3.8, 4) is 0 Å². The van der Waals surface area contributed by atoms with Gasteiger partial charge in [-0.05, 0) is 20.3 Å². The Morgan fingerprint density at radius 1 is 1.35 bits per heavy atom. The third kappa shape index (κ3) is 6.62. The second-order valence-corrected chi connectivity index (χ2v) is 6.01. The molecule has 1 unspecified atom stereocenters. The molecule has 0 radical (unpaired) electrons. The second-order valence-electron chi connectivity index (χ2n) is 3.89. The van der Waals surface area contributed by atoms with Crippen LogP contribution in [0.1, 0.15) is 20.3 Å². The molecule has 1 atom stereocenters. The molecule has 0 aliphatic heterocycles. The molecule has 0 bridgehead atoms.